The van der Waals surface area contributed by atoms with Gasteiger partial charge < -0.3 is 15.5 Å². The highest BCUT2D eigenvalue weighted by molar-refractivity contribution is 5.94. The summed E-state index contributed by atoms with van der Waals surface area (Å²) in [4.78, 5) is 21.2. The van der Waals surface area contributed by atoms with Gasteiger partial charge in [0.25, 0.3) is 5.91 Å². The van der Waals surface area contributed by atoms with Crippen LogP contribution in [0.4, 0.5) is 5.82 Å². The summed E-state index contributed by atoms with van der Waals surface area (Å²) in [5.41, 5.74) is 7.13. The summed E-state index contributed by atoms with van der Waals surface area (Å²) in [6.07, 6.45) is 7.84. The van der Waals surface area contributed by atoms with E-state index in [0.717, 1.165) is 63.4 Å². The summed E-state index contributed by atoms with van der Waals surface area (Å²) in [6.45, 7) is 7.40. The minimum absolute atomic E-state index is 0.0973. The van der Waals surface area contributed by atoms with Crippen LogP contribution in [0.15, 0.2) is 24.5 Å². The molecule has 150 valence electrons. The molecular weight excluding hydrogens is 354 g/mol. The number of rotatable bonds is 4. The summed E-state index contributed by atoms with van der Waals surface area (Å²) in [5.74, 6) is 1.03. The highest BCUT2D eigenvalue weighted by Gasteiger charge is 2.25. The third-order valence-corrected chi connectivity index (χ3v) is 5.72. The van der Waals surface area contributed by atoms with Crippen LogP contribution in [-0.2, 0) is 5.54 Å². The molecule has 0 saturated carbocycles. The predicted octanol–water partition coefficient (Wildman–Crippen LogP) is 1.94. The summed E-state index contributed by atoms with van der Waals surface area (Å²) >= 11 is 0. The highest BCUT2D eigenvalue weighted by atomic mass is 16.2. The molecule has 2 fully saturated rings. The molecule has 0 atom stereocenters. The topological polar surface area (TPSA) is 93.2 Å². The molecule has 4 heterocycles. The van der Waals surface area contributed by atoms with E-state index in [0.29, 0.717) is 11.6 Å². The zero-order valence-corrected chi connectivity index (χ0v) is 16.7. The molecule has 0 aliphatic carbocycles. The van der Waals surface area contributed by atoms with Crippen molar-refractivity contribution < 1.29 is 4.79 Å². The lowest BCUT2D eigenvalue weighted by Crippen LogP contribution is -2.35. The van der Waals surface area contributed by atoms with Crippen molar-refractivity contribution in [1.29, 1.82) is 0 Å². The molecule has 1 amide bonds. The molecule has 0 bridgehead atoms. The van der Waals surface area contributed by atoms with Gasteiger partial charge in [-0.25, -0.2) is 9.67 Å². The smallest absolute Gasteiger partial charge is 0.255 e. The number of hydrogen-bond acceptors (Lipinski definition) is 6. The number of pyridine rings is 1. The van der Waals surface area contributed by atoms with Gasteiger partial charge in [-0.3, -0.25) is 4.79 Å². The largest absolute Gasteiger partial charge is 0.356 e. The molecular formula is C20H29N7O. The Morgan fingerprint density at radius 3 is 2.43 bits per heavy atom. The van der Waals surface area contributed by atoms with Crippen LogP contribution in [0.1, 0.15) is 61.6 Å². The van der Waals surface area contributed by atoms with Crippen LogP contribution >= 0.6 is 0 Å². The maximum Gasteiger partial charge on any atom is 0.255 e. The van der Waals surface area contributed by atoms with Crippen LogP contribution in [0.2, 0.25) is 0 Å². The second kappa shape index (κ2) is 7.50. The Morgan fingerprint density at radius 1 is 1.14 bits per heavy atom. The Bertz CT molecular complexity index is 810. The first kappa shape index (κ1) is 18.9. The van der Waals surface area contributed by atoms with E-state index in [1.54, 1.807) is 6.20 Å². The molecule has 2 N–H and O–H groups in total. The van der Waals surface area contributed by atoms with Crippen molar-refractivity contribution in [3.63, 3.8) is 0 Å². The number of anilines is 1. The van der Waals surface area contributed by atoms with Crippen molar-refractivity contribution >= 4 is 11.7 Å². The summed E-state index contributed by atoms with van der Waals surface area (Å²) in [5, 5.41) is 8.51. The van der Waals surface area contributed by atoms with Crippen LogP contribution in [0.3, 0.4) is 0 Å². The SMILES string of the molecule is CC(C)(N)c1cn(C2CCN(c3ccc(C(=O)N4CCCC4)cn3)CC2)nn1. The normalized spacial score (nSPS) is 18.7. The number of carbonyl (C=O) groups excluding carboxylic acids is 1. The molecule has 0 aromatic carbocycles. The number of amides is 1. The van der Waals surface area contributed by atoms with Crippen LogP contribution in [0.25, 0.3) is 0 Å². The van der Waals surface area contributed by atoms with E-state index in [1.165, 1.54) is 0 Å². The van der Waals surface area contributed by atoms with Gasteiger partial charge in [-0.1, -0.05) is 5.21 Å². The second-order valence-corrected chi connectivity index (χ2v) is 8.43. The molecule has 0 spiro atoms. The minimum atomic E-state index is -0.475. The lowest BCUT2D eigenvalue weighted by Gasteiger charge is -2.32. The molecule has 2 saturated heterocycles. The van der Waals surface area contributed by atoms with E-state index in [-0.39, 0.29) is 5.91 Å². The first-order chi connectivity index (χ1) is 13.4. The molecule has 2 aromatic rings. The molecule has 8 heteroatoms. The lowest BCUT2D eigenvalue weighted by molar-refractivity contribution is 0.0792. The average molecular weight is 384 g/mol. The van der Waals surface area contributed by atoms with Crippen LogP contribution < -0.4 is 10.6 Å². The van der Waals surface area contributed by atoms with Gasteiger partial charge >= 0.3 is 0 Å². The van der Waals surface area contributed by atoms with Gasteiger partial charge in [0, 0.05) is 32.4 Å². The minimum Gasteiger partial charge on any atom is -0.356 e. The Morgan fingerprint density at radius 2 is 1.86 bits per heavy atom. The van der Waals surface area contributed by atoms with Crippen LogP contribution in [0, 0.1) is 0 Å². The number of carbonyl (C=O) groups is 1. The van der Waals surface area contributed by atoms with E-state index in [4.69, 9.17) is 5.73 Å². The van der Waals surface area contributed by atoms with E-state index < -0.39 is 5.54 Å². The number of piperidine rings is 1. The number of nitrogens with two attached hydrogens (primary N) is 1. The van der Waals surface area contributed by atoms with Gasteiger partial charge in [0.05, 0.1) is 23.3 Å². The van der Waals surface area contributed by atoms with Crippen molar-refractivity contribution in [3.05, 3.63) is 35.8 Å². The van der Waals surface area contributed by atoms with Gasteiger partial charge in [-0.15, -0.1) is 5.10 Å². The summed E-state index contributed by atoms with van der Waals surface area (Å²) in [7, 11) is 0. The molecule has 2 aliphatic heterocycles. The van der Waals surface area contributed by atoms with E-state index in [9.17, 15) is 4.79 Å². The molecule has 0 unspecified atom stereocenters. The quantitative estimate of drug-likeness (QED) is 0.867. The molecule has 4 rings (SSSR count). The monoisotopic (exact) mass is 383 g/mol. The van der Waals surface area contributed by atoms with Gasteiger partial charge in [0.1, 0.15) is 11.5 Å². The number of nitrogens with zero attached hydrogens (tertiary/aromatic N) is 6. The van der Waals surface area contributed by atoms with E-state index >= 15 is 0 Å². The summed E-state index contributed by atoms with van der Waals surface area (Å²) in [6, 6.07) is 4.20. The third-order valence-electron chi connectivity index (χ3n) is 5.72. The van der Waals surface area contributed by atoms with E-state index in [2.05, 4.69) is 20.2 Å². The highest BCUT2D eigenvalue weighted by Crippen LogP contribution is 2.26. The van der Waals surface area contributed by atoms with Crippen molar-refractivity contribution in [3.8, 4) is 0 Å². The Hall–Kier alpha value is -2.48. The number of likely N-dealkylation sites (tertiary alicyclic amines) is 1. The van der Waals surface area contributed by atoms with Crippen molar-refractivity contribution in [1.82, 2.24) is 24.9 Å². The first-order valence-corrected chi connectivity index (χ1v) is 10.1. The van der Waals surface area contributed by atoms with Crippen LogP contribution in [0.5, 0.6) is 0 Å². The zero-order chi connectivity index (χ0) is 19.7. The zero-order valence-electron chi connectivity index (χ0n) is 16.7. The number of aromatic nitrogens is 4. The summed E-state index contributed by atoms with van der Waals surface area (Å²) < 4.78 is 1.95. The Balaban J connectivity index is 1.36. The fraction of sp³-hybridized carbons (Fsp3) is 0.600. The molecule has 2 aliphatic rings. The molecule has 28 heavy (non-hydrogen) atoms. The third kappa shape index (κ3) is 3.87. The van der Waals surface area contributed by atoms with Gasteiger partial charge in [0.15, 0.2) is 0 Å². The van der Waals surface area contributed by atoms with Crippen molar-refractivity contribution in [2.75, 3.05) is 31.1 Å². The van der Waals surface area contributed by atoms with Crippen LogP contribution in [-0.4, -0.2) is 57.0 Å². The maximum atomic E-state index is 12.5. The maximum absolute atomic E-state index is 12.5. The Kier molecular flexibility index (Phi) is 5.05. The van der Waals surface area contributed by atoms with Gasteiger partial charge in [-0.2, -0.15) is 0 Å². The number of hydrogen-bond donors (Lipinski definition) is 1. The van der Waals surface area contributed by atoms with Crippen molar-refractivity contribution in [2.45, 2.75) is 51.1 Å². The molecule has 2 aromatic heterocycles. The lowest BCUT2D eigenvalue weighted by atomic mass is 10.0. The molecule has 8 nitrogen and oxygen atoms in total. The first-order valence-electron chi connectivity index (χ1n) is 10.1. The predicted molar refractivity (Wildman–Crippen MR) is 107 cm³/mol. The average Bonchev–Trinajstić information content (AvgIpc) is 3.39. The van der Waals surface area contributed by atoms with E-state index in [1.807, 2.05) is 41.8 Å². The van der Waals surface area contributed by atoms with Crippen molar-refractivity contribution in [2.24, 2.45) is 5.73 Å². The fourth-order valence-electron chi connectivity index (χ4n) is 3.91. The standard InChI is InChI=1S/C20H29N7O/c1-20(2,21)17-14-27(24-23-17)16-7-11-25(12-8-16)18-6-5-15(13-22-18)19(28)26-9-3-4-10-26/h5-6,13-14,16H,3-4,7-12,21H2,1-2H3. The van der Waals surface area contributed by atoms with Gasteiger partial charge in [-0.05, 0) is 51.7 Å². The van der Waals surface area contributed by atoms with Gasteiger partial charge in [0.2, 0.25) is 0 Å². The Labute approximate surface area is 165 Å². The second-order valence-electron chi connectivity index (χ2n) is 8.43. The fourth-order valence-corrected chi connectivity index (χ4v) is 3.91. The molecule has 0 radical (unpaired) electrons.